The van der Waals surface area contributed by atoms with Gasteiger partial charge in [-0.2, -0.15) is 0 Å². The van der Waals surface area contributed by atoms with Crippen LogP contribution in [0.3, 0.4) is 0 Å². The number of hydrogen-bond donors (Lipinski definition) is 1. The second kappa shape index (κ2) is 7.83. The fourth-order valence-corrected chi connectivity index (χ4v) is 3.25. The van der Waals surface area contributed by atoms with Gasteiger partial charge in [-0.15, -0.1) is 5.10 Å². The van der Waals surface area contributed by atoms with Gasteiger partial charge in [0.25, 0.3) is 0 Å². The highest BCUT2D eigenvalue weighted by Gasteiger charge is 2.10. The van der Waals surface area contributed by atoms with Crippen LogP contribution in [0.15, 0.2) is 23.4 Å². The van der Waals surface area contributed by atoms with Crippen molar-refractivity contribution in [3.05, 3.63) is 33.8 Å². The summed E-state index contributed by atoms with van der Waals surface area (Å²) in [5, 5.41) is 17.0. The van der Waals surface area contributed by atoms with Crippen LogP contribution in [-0.4, -0.2) is 33.3 Å². The summed E-state index contributed by atoms with van der Waals surface area (Å²) in [6.45, 7) is 4.57. The van der Waals surface area contributed by atoms with E-state index in [0.29, 0.717) is 15.8 Å². The maximum atomic E-state index is 6.15. The van der Waals surface area contributed by atoms with Crippen molar-refractivity contribution in [3.63, 3.8) is 0 Å². The summed E-state index contributed by atoms with van der Waals surface area (Å²) in [5.74, 6) is 0.639. The normalized spacial score (nSPS) is 10.9. The van der Waals surface area contributed by atoms with E-state index >= 15 is 0 Å². The Morgan fingerprint density at radius 2 is 2.05 bits per heavy atom. The maximum absolute atomic E-state index is 6.15. The van der Waals surface area contributed by atoms with Gasteiger partial charge < -0.3 is 5.32 Å². The van der Waals surface area contributed by atoms with Gasteiger partial charge in [0.2, 0.25) is 5.16 Å². The molecule has 0 atom stereocenters. The van der Waals surface area contributed by atoms with E-state index in [2.05, 4.69) is 27.8 Å². The van der Waals surface area contributed by atoms with E-state index in [9.17, 15) is 0 Å². The van der Waals surface area contributed by atoms with E-state index in [4.69, 9.17) is 23.2 Å². The van der Waals surface area contributed by atoms with Crippen LogP contribution < -0.4 is 5.32 Å². The molecule has 0 saturated carbocycles. The largest absolute Gasteiger partial charge is 0.315 e. The Labute approximate surface area is 132 Å². The lowest BCUT2D eigenvalue weighted by atomic mass is 10.2. The minimum atomic E-state index is 0.639. The zero-order chi connectivity index (χ0) is 14.4. The minimum absolute atomic E-state index is 0.639. The van der Waals surface area contributed by atoms with Gasteiger partial charge >= 0.3 is 0 Å². The van der Waals surface area contributed by atoms with E-state index < -0.39 is 0 Å². The molecule has 1 aromatic carbocycles. The lowest BCUT2D eigenvalue weighted by molar-refractivity contribution is 0.517. The molecular weight excluding hydrogens is 317 g/mol. The lowest BCUT2D eigenvalue weighted by Crippen LogP contribution is -2.20. The van der Waals surface area contributed by atoms with Crippen LogP contribution in [0.4, 0.5) is 0 Å². The molecule has 1 aromatic heterocycles. The summed E-state index contributed by atoms with van der Waals surface area (Å²) in [6, 6.07) is 5.49. The zero-order valence-corrected chi connectivity index (χ0v) is 13.3. The molecule has 5 nitrogen and oxygen atoms in total. The predicted molar refractivity (Wildman–Crippen MR) is 82.4 cm³/mol. The highest BCUT2D eigenvalue weighted by atomic mass is 35.5. The summed E-state index contributed by atoms with van der Waals surface area (Å²) < 4.78 is 1.78. The standard InChI is InChI=1S/C12H15Cl2N5S/c1-2-15-6-7-19-12(16-17-18-19)20-8-9-10(13)4-3-5-11(9)14/h3-5,15H,2,6-8H2,1H3. The first-order chi connectivity index (χ1) is 9.72. The van der Waals surface area contributed by atoms with E-state index in [1.165, 1.54) is 11.8 Å². The highest BCUT2D eigenvalue weighted by Crippen LogP contribution is 2.30. The van der Waals surface area contributed by atoms with Crippen LogP contribution in [0, 0.1) is 0 Å². The van der Waals surface area contributed by atoms with Crippen molar-refractivity contribution in [2.24, 2.45) is 0 Å². The van der Waals surface area contributed by atoms with Gasteiger partial charge in [-0.25, -0.2) is 4.68 Å². The predicted octanol–water partition coefficient (Wildman–Crippen LogP) is 2.88. The van der Waals surface area contributed by atoms with Gasteiger partial charge in [0.15, 0.2) is 0 Å². The molecule has 1 heterocycles. The molecule has 108 valence electrons. The number of benzene rings is 1. The molecule has 0 saturated heterocycles. The molecule has 2 aromatic rings. The van der Waals surface area contributed by atoms with Crippen molar-refractivity contribution in [1.82, 2.24) is 25.5 Å². The average molecular weight is 332 g/mol. The zero-order valence-electron chi connectivity index (χ0n) is 11.0. The Kier molecular flexibility index (Phi) is 6.09. The third-order valence-electron chi connectivity index (χ3n) is 2.66. The number of hydrogen-bond acceptors (Lipinski definition) is 5. The van der Waals surface area contributed by atoms with Gasteiger partial charge in [-0.3, -0.25) is 0 Å². The molecule has 0 unspecified atom stereocenters. The van der Waals surface area contributed by atoms with Crippen molar-refractivity contribution in [3.8, 4) is 0 Å². The Balaban J connectivity index is 1.99. The first-order valence-electron chi connectivity index (χ1n) is 6.25. The van der Waals surface area contributed by atoms with Crippen LogP contribution in [0.2, 0.25) is 10.0 Å². The van der Waals surface area contributed by atoms with E-state index in [1.807, 2.05) is 18.2 Å². The molecular formula is C12H15Cl2N5S. The van der Waals surface area contributed by atoms with Crippen LogP contribution in [0.1, 0.15) is 12.5 Å². The Morgan fingerprint density at radius 1 is 1.30 bits per heavy atom. The molecule has 8 heteroatoms. The first-order valence-corrected chi connectivity index (χ1v) is 7.99. The monoisotopic (exact) mass is 331 g/mol. The number of nitrogens with zero attached hydrogens (tertiary/aromatic N) is 4. The van der Waals surface area contributed by atoms with E-state index in [1.54, 1.807) is 4.68 Å². The molecule has 0 bridgehead atoms. The molecule has 0 aliphatic heterocycles. The highest BCUT2D eigenvalue weighted by molar-refractivity contribution is 7.98. The quantitative estimate of drug-likeness (QED) is 0.624. The van der Waals surface area contributed by atoms with Crippen molar-refractivity contribution in [2.45, 2.75) is 24.4 Å². The second-order valence-electron chi connectivity index (χ2n) is 4.03. The molecule has 0 aliphatic carbocycles. The van der Waals surface area contributed by atoms with Gasteiger partial charge in [-0.05, 0) is 34.7 Å². The number of likely N-dealkylation sites (N-methyl/N-ethyl adjacent to an activating group) is 1. The summed E-state index contributed by atoms with van der Waals surface area (Å²) in [4.78, 5) is 0. The Hall–Kier alpha value is -0.820. The van der Waals surface area contributed by atoms with Crippen molar-refractivity contribution in [1.29, 1.82) is 0 Å². The van der Waals surface area contributed by atoms with Crippen molar-refractivity contribution < 1.29 is 0 Å². The van der Waals surface area contributed by atoms with Crippen LogP contribution in [0.25, 0.3) is 0 Å². The summed E-state index contributed by atoms with van der Waals surface area (Å²) in [6.07, 6.45) is 0. The summed E-state index contributed by atoms with van der Waals surface area (Å²) in [5.41, 5.74) is 0.905. The Morgan fingerprint density at radius 3 is 2.75 bits per heavy atom. The van der Waals surface area contributed by atoms with Crippen molar-refractivity contribution >= 4 is 35.0 Å². The Bertz CT molecular complexity index is 540. The number of nitrogens with one attached hydrogen (secondary N) is 1. The SMILES string of the molecule is CCNCCn1nnnc1SCc1c(Cl)cccc1Cl. The number of tetrazole rings is 1. The van der Waals surface area contributed by atoms with Gasteiger partial charge in [0.1, 0.15) is 0 Å². The minimum Gasteiger partial charge on any atom is -0.315 e. The molecule has 2 rings (SSSR count). The smallest absolute Gasteiger partial charge is 0.209 e. The third kappa shape index (κ3) is 4.09. The van der Waals surface area contributed by atoms with Crippen LogP contribution in [0.5, 0.6) is 0 Å². The van der Waals surface area contributed by atoms with Crippen LogP contribution in [-0.2, 0) is 12.3 Å². The van der Waals surface area contributed by atoms with Gasteiger partial charge in [0.05, 0.1) is 6.54 Å². The van der Waals surface area contributed by atoms with E-state index in [0.717, 1.165) is 30.4 Å². The molecule has 0 amide bonds. The fraction of sp³-hybridized carbons (Fsp3) is 0.417. The van der Waals surface area contributed by atoms with Gasteiger partial charge in [0, 0.05) is 22.3 Å². The lowest BCUT2D eigenvalue weighted by Gasteiger charge is -2.07. The number of halogens is 2. The van der Waals surface area contributed by atoms with E-state index in [-0.39, 0.29) is 0 Å². The van der Waals surface area contributed by atoms with Crippen LogP contribution >= 0.6 is 35.0 Å². The molecule has 0 fully saturated rings. The van der Waals surface area contributed by atoms with Crippen molar-refractivity contribution in [2.75, 3.05) is 13.1 Å². The molecule has 0 aliphatic rings. The second-order valence-corrected chi connectivity index (χ2v) is 5.78. The maximum Gasteiger partial charge on any atom is 0.209 e. The molecule has 1 N–H and O–H groups in total. The first kappa shape index (κ1) is 15.6. The average Bonchev–Trinajstić information content (AvgIpc) is 2.86. The fourth-order valence-electron chi connectivity index (χ4n) is 1.61. The molecule has 0 radical (unpaired) electrons. The number of rotatable bonds is 7. The number of thioether (sulfide) groups is 1. The topological polar surface area (TPSA) is 55.6 Å². The third-order valence-corrected chi connectivity index (χ3v) is 4.35. The number of aromatic nitrogens is 4. The molecule has 0 spiro atoms. The van der Waals surface area contributed by atoms with Gasteiger partial charge in [-0.1, -0.05) is 48.0 Å². The molecule has 20 heavy (non-hydrogen) atoms. The summed E-state index contributed by atoms with van der Waals surface area (Å²) in [7, 11) is 0. The summed E-state index contributed by atoms with van der Waals surface area (Å²) >= 11 is 13.8.